The topological polar surface area (TPSA) is 72.9 Å². The van der Waals surface area contributed by atoms with E-state index in [4.69, 9.17) is 5.73 Å². The molecule has 1 amide bonds. The normalized spacial score (nSPS) is 10.2. The van der Waals surface area contributed by atoms with Gasteiger partial charge in [-0.1, -0.05) is 6.07 Å². The van der Waals surface area contributed by atoms with Crippen LogP contribution in [-0.2, 0) is 7.05 Å². The summed E-state index contributed by atoms with van der Waals surface area (Å²) in [6, 6.07) is 8.65. The van der Waals surface area contributed by atoms with Gasteiger partial charge in [-0.3, -0.25) is 9.48 Å². The first kappa shape index (κ1) is 11.2. The molecule has 0 bridgehead atoms. The predicted octanol–water partition coefficient (Wildman–Crippen LogP) is 1.56. The monoisotopic (exact) mass is 230 g/mol. The van der Waals surface area contributed by atoms with Gasteiger partial charge in [0, 0.05) is 24.4 Å². The fourth-order valence-corrected chi connectivity index (χ4v) is 1.60. The lowest BCUT2D eigenvalue weighted by atomic mass is 10.2. The van der Waals surface area contributed by atoms with E-state index in [-0.39, 0.29) is 5.91 Å². The fraction of sp³-hybridized carbons (Fsp3) is 0.167. The van der Waals surface area contributed by atoms with E-state index in [1.165, 1.54) is 0 Å². The van der Waals surface area contributed by atoms with Crippen molar-refractivity contribution >= 4 is 17.4 Å². The number of benzene rings is 1. The molecule has 1 heterocycles. The molecule has 5 nitrogen and oxygen atoms in total. The number of carbonyl (C=O) groups is 1. The van der Waals surface area contributed by atoms with E-state index >= 15 is 0 Å². The highest BCUT2D eigenvalue weighted by Crippen LogP contribution is 2.12. The summed E-state index contributed by atoms with van der Waals surface area (Å²) >= 11 is 0. The Kier molecular flexibility index (Phi) is 2.82. The highest BCUT2D eigenvalue weighted by atomic mass is 16.1. The largest absolute Gasteiger partial charge is 0.399 e. The lowest BCUT2D eigenvalue weighted by Gasteiger charge is -2.05. The van der Waals surface area contributed by atoms with Gasteiger partial charge in [0.1, 0.15) is 5.82 Å². The van der Waals surface area contributed by atoms with Crippen molar-refractivity contribution in [1.29, 1.82) is 0 Å². The molecular weight excluding hydrogens is 216 g/mol. The zero-order valence-electron chi connectivity index (χ0n) is 9.77. The average Bonchev–Trinajstić information content (AvgIpc) is 2.57. The highest BCUT2D eigenvalue weighted by Gasteiger charge is 2.09. The summed E-state index contributed by atoms with van der Waals surface area (Å²) in [6.45, 7) is 1.87. The Morgan fingerprint density at radius 2 is 2.18 bits per heavy atom. The molecule has 0 saturated carbocycles. The van der Waals surface area contributed by atoms with Crippen molar-refractivity contribution in [2.24, 2.45) is 7.05 Å². The van der Waals surface area contributed by atoms with Crippen LogP contribution in [0, 0.1) is 6.92 Å². The van der Waals surface area contributed by atoms with E-state index in [2.05, 4.69) is 10.4 Å². The molecule has 2 aromatic rings. The van der Waals surface area contributed by atoms with Gasteiger partial charge >= 0.3 is 0 Å². The number of aromatic nitrogens is 2. The summed E-state index contributed by atoms with van der Waals surface area (Å²) < 4.78 is 1.62. The molecule has 0 fully saturated rings. The highest BCUT2D eigenvalue weighted by molar-refractivity contribution is 6.04. The van der Waals surface area contributed by atoms with Crippen LogP contribution in [0.15, 0.2) is 30.3 Å². The molecule has 88 valence electrons. The van der Waals surface area contributed by atoms with Crippen molar-refractivity contribution in [2.45, 2.75) is 6.92 Å². The standard InChI is InChI=1S/C12H14N4O/c1-8-6-11(16(2)15-8)14-12(17)9-4-3-5-10(13)7-9/h3-7H,13H2,1-2H3,(H,14,17). The molecule has 3 N–H and O–H groups in total. The molecule has 0 aliphatic heterocycles. The second-order valence-corrected chi connectivity index (χ2v) is 3.87. The summed E-state index contributed by atoms with van der Waals surface area (Å²) in [5, 5.41) is 6.93. The van der Waals surface area contributed by atoms with E-state index in [1.54, 1.807) is 36.0 Å². The molecule has 1 aromatic carbocycles. The molecule has 2 rings (SSSR count). The smallest absolute Gasteiger partial charge is 0.256 e. The van der Waals surface area contributed by atoms with Crippen LogP contribution in [0.25, 0.3) is 0 Å². The average molecular weight is 230 g/mol. The van der Waals surface area contributed by atoms with Crippen LogP contribution in [0.2, 0.25) is 0 Å². The van der Waals surface area contributed by atoms with E-state index in [9.17, 15) is 4.79 Å². The number of nitrogens with one attached hydrogen (secondary N) is 1. The van der Waals surface area contributed by atoms with Crippen molar-refractivity contribution < 1.29 is 4.79 Å². The quantitative estimate of drug-likeness (QED) is 0.769. The van der Waals surface area contributed by atoms with Crippen molar-refractivity contribution in [3.05, 3.63) is 41.6 Å². The van der Waals surface area contributed by atoms with E-state index in [1.807, 2.05) is 13.0 Å². The fourth-order valence-electron chi connectivity index (χ4n) is 1.60. The van der Waals surface area contributed by atoms with Gasteiger partial charge in [0.2, 0.25) is 0 Å². The second kappa shape index (κ2) is 4.29. The molecule has 0 saturated heterocycles. The Morgan fingerprint density at radius 1 is 1.41 bits per heavy atom. The first-order valence-corrected chi connectivity index (χ1v) is 5.24. The maximum atomic E-state index is 11.9. The van der Waals surface area contributed by atoms with Crippen LogP contribution in [0.3, 0.4) is 0 Å². The van der Waals surface area contributed by atoms with Crippen molar-refractivity contribution in [2.75, 3.05) is 11.1 Å². The van der Waals surface area contributed by atoms with Crippen LogP contribution in [0.1, 0.15) is 16.1 Å². The number of hydrogen-bond acceptors (Lipinski definition) is 3. The molecule has 0 spiro atoms. The Bertz CT molecular complexity index is 559. The zero-order valence-corrected chi connectivity index (χ0v) is 9.77. The van der Waals surface area contributed by atoms with Crippen molar-refractivity contribution in [3.8, 4) is 0 Å². The zero-order chi connectivity index (χ0) is 12.4. The minimum atomic E-state index is -0.194. The number of hydrogen-bond donors (Lipinski definition) is 2. The SMILES string of the molecule is Cc1cc(NC(=O)c2cccc(N)c2)n(C)n1. The number of carbonyl (C=O) groups excluding carboxylic acids is 1. The summed E-state index contributed by atoms with van der Waals surface area (Å²) in [5.74, 6) is 0.468. The van der Waals surface area contributed by atoms with Gasteiger partial charge in [0.25, 0.3) is 5.91 Å². The number of nitrogens with zero attached hydrogens (tertiary/aromatic N) is 2. The van der Waals surface area contributed by atoms with E-state index in [0.717, 1.165) is 5.69 Å². The molecule has 0 radical (unpaired) electrons. The molecule has 0 aliphatic carbocycles. The van der Waals surface area contributed by atoms with Gasteiger partial charge in [-0.25, -0.2) is 0 Å². The van der Waals surface area contributed by atoms with Crippen LogP contribution >= 0.6 is 0 Å². The first-order chi connectivity index (χ1) is 8.06. The summed E-state index contributed by atoms with van der Waals surface area (Å²) in [6.07, 6.45) is 0. The minimum Gasteiger partial charge on any atom is -0.399 e. The third kappa shape index (κ3) is 2.44. The van der Waals surface area contributed by atoms with Crippen LogP contribution < -0.4 is 11.1 Å². The van der Waals surface area contributed by atoms with Crippen LogP contribution in [-0.4, -0.2) is 15.7 Å². The van der Waals surface area contributed by atoms with E-state index < -0.39 is 0 Å². The predicted molar refractivity (Wildman–Crippen MR) is 66.8 cm³/mol. The molecule has 0 atom stereocenters. The molecular formula is C12H14N4O. The second-order valence-electron chi connectivity index (χ2n) is 3.87. The lowest BCUT2D eigenvalue weighted by molar-refractivity contribution is 0.102. The Labute approximate surface area is 99.2 Å². The number of anilines is 2. The minimum absolute atomic E-state index is 0.194. The Balaban J connectivity index is 2.20. The van der Waals surface area contributed by atoms with Gasteiger partial charge in [-0.2, -0.15) is 5.10 Å². The molecule has 5 heteroatoms. The number of amides is 1. The van der Waals surface area contributed by atoms with Gasteiger partial charge < -0.3 is 11.1 Å². The lowest BCUT2D eigenvalue weighted by Crippen LogP contribution is -2.14. The molecule has 0 aliphatic rings. The third-order valence-electron chi connectivity index (χ3n) is 2.39. The van der Waals surface area contributed by atoms with Gasteiger partial charge in [0.15, 0.2) is 0 Å². The van der Waals surface area contributed by atoms with Crippen LogP contribution in [0.5, 0.6) is 0 Å². The van der Waals surface area contributed by atoms with Crippen molar-refractivity contribution in [3.63, 3.8) is 0 Å². The summed E-state index contributed by atoms with van der Waals surface area (Å²) in [4.78, 5) is 11.9. The van der Waals surface area contributed by atoms with E-state index in [0.29, 0.717) is 17.1 Å². The van der Waals surface area contributed by atoms with Gasteiger partial charge in [0.05, 0.1) is 5.69 Å². The third-order valence-corrected chi connectivity index (χ3v) is 2.39. The Hall–Kier alpha value is -2.30. The first-order valence-electron chi connectivity index (χ1n) is 5.24. The number of aryl methyl sites for hydroxylation is 2. The maximum absolute atomic E-state index is 11.9. The maximum Gasteiger partial charge on any atom is 0.256 e. The summed E-state index contributed by atoms with van der Waals surface area (Å²) in [5.41, 5.74) is 7.58. The Morgan fingerprint density at radius 3 is 2.76 bits per heavy atom. The van der Waals surface area contributed by atoms with Gasteiger partial charge in [-0.15, -0.1) is 0 Å². The molecule has 17 heavy (non-hydrogen) atoms. The summed E-state index contributed by atoms with van der Waals surface area (Å²) in [7, 11) is 1.78. The molecule has 0 unspecified atom stereocenters. The van der Waals surface area contributed by atoms with Crippen molar-refractivity contribution in [1.82, 2.24) is 9.78 Å². The number of nitrogen functional groups attached to an aromatic ring is 1. The number of nitrogens with two attached hydrogens (primary N) is 1. The molecule has 1 aromatic heterocycles. The number of rotatable bonds is 2. The van der Waals surface area contributed by atoms with Gasteiger partial charge in [-0.05, 0) is 25.1 Å². The van der Waals surface area contributed by atoms with Crippen LogP contribution in [0.4, 0.5) is 11.5 Å².